The van der Waals surface area contributed by atoms with Crippen molar-refractivity contribution in [1.82, 2.24) is 10.3 Å². The number of aromatic nitrogens is 1. The van der Waals surface area contributed by atoms with E-state index in [-0.39, 0.29) is 16.7 Å². The van der Waals surface area contributed by atoms with E-state index in [1.807, 2.05) is 31.3 Å². The number of rotatable bonds is 6. The molecule has 0 aliphatic rings. The SMILES string of the molecule is Cc1ccc(C(C)NCCc2cccnc2)cc1[N+](=O)[O-]. The summed E-state index contributed by atoms with van der Waals surface area (Å²) in [5.74, 6) is 0. The molecule has 2 rings (SSSR count). The van der Waals surface area contributed by atoms with Crippen LogP contribution in [0.25, 0.3) is 0 Å². The van der Waals surface area contributed by atoms with Crippen molar-refractivity contribution in [3.8, 4) is 0 Å². The van der Waals surface area contributed by atoms with Crippen LogP contribution in [0.5, 0.6) is 0 Å². The van der Waals surface area contributed by atoms with Crippen LogP contribution in [-0.2, 0) is 6.42 Å². The molecule has 0 aliphatic carbocycles. The Bertz CT molecular complexity index is 614. The number of nitrogens with zero attached hydrogens (tertiary/aromatic N) is 2. The number of nitro benzene ring substituents is 1. The van der Waals surface area contributed by atoms with Gasteiger partial charge in [-0.3, -0.25) is 15.1 Å². The van der Waals surface area contributed by atoms with Gasteiger partial charge in [0.05, 0.1) is 4.92 Å². The molecule has 1 atom stereocenters. The van der Waals surface area contributed by atoms with Gasteiger partial charge < -0.3 is 5.32 Å². The lowest BCUT2D eigenvalue weighted by atomic mass is 10.0. The van der Waals surface area contributed by atoms with Crippen molar-refractivity contribution in [2.24, 2.45) is 0 Å². The fourth-order valence-electron chi connectivity index (χ4n) is 2.19. The first-order chi connectivity index (χ1) is 10.1. The van der Waals surface area contributed by atoms with Gasteiger partial charge in [0.15, 0.2) is 0 Å². The van der Waals surface area contributed by atoms with Crippen molar-refractivity contribution in [3.63, 3.8) is 0 Å². The molecule has 0 bridgehead atoms. The van der Waals surface area contributed by atoms with Crippen molar-refractivity contribution in [3.05, 3.63) is 69.5 Å². The Morgan fingerprint density at radius 2 is 2.19 bits per heavy atom. The zero-order chi connectivity index (χ0) is 15.2. The van der Waals surface area contributed by atoms with E-state index in [0.717, 1.165) is 18.5 Å². The lowest BCUT2D eigenvalue weighted by molar-refractivity contribution is -0.385. The second-order valence-electron chi connectivity index (χ2n) is 5.09. The van der Waals surface area contributed by atoms with Crippen molar-refractivity contribution in [2.45, 2.75) is 26.3 Å². The number of nitrogens with one attached hydrogen (secondary N) is 1. The molecule has 1 aromatic heterocycles. The highest BCUT2D eigenvalue weighted by atomic mass is 16.6. The van der Waals surface area contributed by atoms with Gasteiger partial charge in [-0.15, -0.1) is 0 Å². The molecule has 5 nitrogen and oxygen atoms in total. The van der Waals surface area contributed by atoms with Crippen molar-refractivity contribution >= 4 is 5.69 Å². The molecule has 1 heterocycles. The summed E-state index contributed by atoms with van der Waals surface area (Å²) in [6.45, 7) is 4.56. The molecule has 0 amide bonds. The van der Waals surface area contributed by atoms with Gasteiger partial charge >= 0.3 is 0 Å². The Hall–Kier alpha value is -2.27. The summed E-state index contributed by atoms with van der Waals surface area (Å²) < 4.78 is 0. The first kappa shape index (κ1) is 15.1. The third-order valence-electron chi connectivity index (χ3n) is 3.52. The molecule has 0 saturated heterocycles. The van der Waals surface area contributed by atoms with Gasteiger partial charge in [-0.25, -0.2) is 0 Å². The number of hydrogen-bond acceptors (Lipinski definition) is 4. The number of benzene rings is 1. The molecule has 21 heavy (non-hydrogen) atoms. The van der Waals surface area contributed by atoms with Crippen LogP contribution < -0.4 is 5.32 Å². The largest absolute Gasteiger partial charge is 0.310 e. The fourth-order valence-corrected chi connectivity index (χ4v) is 2.19. The molecule has 2 aromatic rings. The van der Waals surface area contributed by atoms with Gasteiger partial charge in [-0.05, 0) is 44.0 Å². The second-order valence-corrected chi connectivity index (χ2v) is 5.09. The van der Waals surface area contributed by atoms with E-state index >= 15 is 0 Å². The second kappa shape index (κ2) is 6.95. The molecule has 0 fully saturated rings. The number of hydrogen-bond donors (Lipinski definition) is 1. The number of pyridine rings is 1. The van der Waals surface area contributed by atoms with Crippen LogP contribution >= 0.6 is 0 Å². The molecule has 1 unspecified atom stereocenters. The Kier molecular flexibility index (Phi) is 5.00. The third-order valence-corrected chi connectivity index (χ3v) is 3.52. The van der Waals surface area contributed by atoms with Crippen molar-refractivity contribution < 1.29 is 4.92 Å². The van der Waals surface area contributed by atoms with E-state index < -0.39 is 0 Å². The van der Waals surface area contributed by atoms with Gasteiger partial charge in [0.2, 0.25) is 0 Å². The normalized spacial score (nSPS) is 12.1. The maximum absolute atomic E-state index is 11.0. The minimum Gasteiger partial charge on any atom is -0.310 e. The van der Waals surface area contributed by atoms with E-state index in [1.54, 1.807) is 25.3 Å². The summed E-state index contributed by atoms with van der Waals surface area (Å²) in [7, 11) is 0. The zero-order valence-electron chi connectivity index (χ0n) is 12.2. The highest BCUT2D eigenvalue weighted by Gasteiger charge is 2.13. The Balaban J connectivity index is 1.96. The summed E-state index contributed by atoms with van der Waals surface area (Å²) in [6.07, 6.45) is 4.49. The van der Waals surface area contributed by atoms with Crippen molar-refractivity contribution in [2.75, 3.05) is 6.54 Å². The van der Waals surface area contributed by atoms with Crippen LogP contribution in [0.2, 0.25) is 0 Å². The van der Waals surface area contributed by atoms with Crippen LogP contribution in [0.4, 0.5) is 5.69 Å². The maximum atomic E-state index is 11.0. The summed E-state index contributed by atoms with van der Waals surface area (Å²) in [5.41, 5.74) is 2.96. The summed E-state index contributed by atoms with van der Waals surface area (Å²) in [6, 6.07) is 9.41. The first-order valence-corrected chi connectivity index (χ1v) is 6.95. The summed E-state index contributed by atoms with van der Waals surface area (Å²) in [4.78, 5) is 14.7. The van der Waals surface area contributed by atoms with Gasteiger partial charge in [-0.2, -0.15) is 0 Å². The van der Waals surface area contributed by atoms with E-state index in [4.69, 9.17) is 0 Å². The molecular formula is C16H19N3O2. The molecule has 0 saturated carbocycles. The van der Waals surface area contributed by atoms with Crippen LogP contribution in [0.1, 0.15) is 29.7 Å². The number of aryl methyl sites for hydroxylation is 1. The van der Waals surface area contributed by atoms with Gasteiger partial charge in [0, 0.05) is 30.1 Å². The highest BCUT2D eigenvalue weighted by molar-refractivity contribution is 5.43. The van der Waals surface area contributed by atoms with E-state index in [1.165, 1.54) is 5.56 Å². The van der Waals surface area contributed by atoms with Crippen molar-refractivity contribution in [1.29, 1.82) is 0 Å². The minimum atomic E-state index is -0.332. The third kappa shape index (κ3) is 4.10. The van der Waals surface area contributed by atoms with E-state index in [0.29, 0.717) is 5.56 Å². The Labute approximate surface area is 124 Å². The van der Waals surface area contributed by atoms with E-state index in [9.17, 15) is 10.1 Å². The highest BCUT2D eigenvalue weighted by Crippen LogP contribution is 2.23. The maximum Gasteiger partial charge on any atom is 0.272 e. The summed E-state index contributed by atoms with van der Waals surface area (Å²) >= 11 is 0. The molecule has 0 spiro atoms. The molecular weight excluding hydrogens is 266 g/mol. The van der Waals surface area contributed by atoms with Gasteiger partial charge in [0.1, 0.15) is 0 Å². The lowest BCUT2D eigenvalue weighted by Crippen LogP contribution is -2.21. The summed E-state index contributed by atoms with van der Waals surface area (Å²) in [5, 5.41) is 14.4. The smallest absolute Gasteiger partial charge is 0.272 e. The Morgan fingerprint density at radius 1 is 1.38 bits per heavy atom. The fraction of sp³-hybridized carbons (Fsp3) is 0.312. The quantitative estimate of drug-likeness (QED) is 0.653. The van der Waals surface area contributed by atoms with Crippen LogP contribution in [-0.4, -0.2) is 16.5 Å². The number of nitro groups is 1. The van der Waals surface area contributed by atoms with E-state index in [2.05, 4.69) is 10.3 Å². The monoisotopic (exact) mass is 285 g/mol. The molecule has 1 aromatic carbocycles. The minimum absolute atomic E-state index is 0.0703. The zero-order valence-corrected chi connectivity index (χ0v) is 12.2. The molecule has 5 heteroatoms. The standard InChI is InChI=1S/C16H19N3O2/c1-12-5-6-15(10-16(12)19(20)21)13(2)18-9-7-14-4-3-8-17-11-14/h3-6,8,10-11,13,18H,7,9H2,1-2H3. The predicted octanol–water partition coefficient (Wildman–Crippen LogP) is 3.19. The van der Waals surface area contributed by atoms with Gasteiger partial charge in [-0.1, -0.05) is 18.2 Å². The van der Waals surface area contributed by atoms with Gasteiger partial charge in [0.25, 0.3) is 5.69 Å². The average Bonchev–Trinajstić information content (AvgIpc) is 2.48. The first-order valence-electron chi connectivity index (χ1n) is 6.95. The molecule has 110 valence electrons. The molecule has 0 radical (unpaired) electrons. The average molecular weight is 285 g/mol. The molecule has 0 aliphatic heterocycles. The predicted molar refractivity (Wildman–Crippen MR) is 82.2 cm³/mol. The molecule has 1 N–H and O–H groups in total. The van der Waals surface area contributed by atoms with Crippen LogP contribution in [0, 0.1) is 17.0 Å². The topological polar surface area (TPSA) is 68.1 Å². The Morgan fingerprint density at radius 3 is 2.86 bits per heavy atom. The lowest BCUT2D eigenvalue weighted by Gasteiger charge is -2.14. The van der Waals surface area contributed by atoms with Crippen LogP contribution in [0.15, 0.2) is 42.7 Å². The van der Waals surface area contributed by atoms with Crippen LogP contribution in [0.3, 0.4) is 0 Å².